The second-order valence-electron chi connectivity index (χ2n) is 7.52. The lowest BCUT2D eigenvalue weighted by Gasteiger charge is -2.29. The quantitative estimate of drug-likeness (QED) is 0.323. The second kappa shape index (κ2) is 9.96. The summed E-state index contributed by atoms with van der Waals surface area (Å²) in [6, 6.07) is 24.6. The van der Waals surface area contributed by atoms with E-state index in [4.69, 9.17) is 9.47 Å². The number of methoxy groups -OCH3 is 1. The zero-order valence-corrected chi connectivity index (χ0v) is 18.0. The third-order valence-electron chi connectivity index (χ3n) is 5.48. The number of anilines is 1. The minimum atomic E-state index is -0.555. The van der Waals surface area contributed by atoms with Crippen molar-refractivity contribution in [1.82, 2.24) is 0 Å². The monoisotopic (exact) mass is 427 g/mol. The van der Waals surface area contributed by atoms with E-state index >= 15 is 0 Å². The van der Waals surface area contributed by atoms with Crippen LogP contribution in [0.4, 0.5) is 5.69 Å². The molecule has 0 aromatic heterocycles. The van der Waals surface area contributed by atoms with Gasteiger partial charge in [0.2, 0.25) is 0 Å². The van der Waals surface area contributed by atoms with E-state index in [0.717, 1.165) is 29.7 Å². The van der Waals surface area contributed by atoms with Gasteiger partial charge in [0, 0.05) is 17.8 Å². The first kappa shape index (κ1) is 21.4. The number of fused-ring (bicyclic) bond motifs is 1. The molecular weight excluding hydrogens is 402 g/mol. The topological polar surface area (TPSA) is 55.8 Å². The standard InChI is InChI=1S/C27H25NO4/c1-31-25-16-8-6-13-22(25)18-23(20-10-3-2-4-11-20)27(30)32-19-26(29)28-17-9-14-21-12-5-7-15-24(21)28/h2-8,10-13,15-16,18H,9,14,17,19H2,1H3/b23-18+. The molecule has 1 aliphatic heterocycles. The van der Waals surface area contributed by atoms with E-state index in [1.165, 1.54) is 0 Å². The third kappa shape index (κ3) is 4.72. The molecule has 0 radical (unpaired) electrons. The predicted octanol–water partition coefficient (Wildman–Crippen LogP) is 4.76. The fraction of sp³-hybridized carbons (Fsp3) is 0.185. The van der Waals surface area contributed by atoms with Crippen molar-refractivity contribution in [2.24, 2.45) is 0 Å². The molecule has 0 unspecified atom stereocenters. The average Bonchev–Trinajstić information content (AvgIpc) is 2.86. The number of ether oxygens (including phenoxy) is 2. The number of hydrogen-bond acceptors (Lipinski definition) is 4. The molecule has 5 nitrogen and oxygen atoms in total. The van der Waals surface area contributed by atoms with E-state index < -0.39 is 5.97 Å². The lowest BCUT2D eigenvalue weighted by Crippen LogP contribution is -2.38. The molecule has 0 aliphatic carbocycles. The number of para-hydroxylation sites is 2. The highest BCUT2D eigenvalue weighted by Crippen LogP contribution is 2.28. The Kier molecular flexibility index (Phi) is 6.66. The Morgan fingerprint density at radius 3 is 2.47 bits per heavy atom. The molecule has 0 saturated heterocycles. The molecular formula is C27H25NO4. The van der Waals surface area contributed by atoms with Gasteiger partial charge in [-0.25, -0.2) is 4.79 Å². The first-order valence-electron chi connectivity index (χ1n) is 10.6. The van der Waals surface area contributed by atoms with Crippen LogP contribution in [0.5, 0.6) is 5.75 Å². The number of hydrogen-bond donors (Lipinski definition) is 0. The largest absolute Gasteiger partial charge is 0.496 e. The Hall–Kier alpha value is -3.86. The maximum atomic E-state index is 13.1. The van der Waals surface area contributed by atoms with E-state index in [9.17, 15) is 9.59 Å². The average molecular weight is 428 g/mol. The Labute approximate surface area is 187 Å². The van der Waals surface area contributed by atoms with Crippen molar-refractivity contribution in [2.45, 2.75) is 12.8 Å². The van der Waals surface area contributed by atoms with Gasteiger partial charge < -0.3 is 14.4 Å². The van der Waals surface area contributed by atoms with Crippen molar-refractivity contribution in [3.8, 4) is 5.75 Å². The molecule has 0 fully saturated rings. The van der Waals surface area contributed by atoms with E-state index in [2.05, 4.69) is 0 Å². The van der Waals surface area contributed by atoms with Crippen molar-refractivity contribution < 1.29 is 19.1 Å². The Bertz CT molecular complexity index is 1140. The number of carbonyl (C=O) groups excluding carboxylic acids is 2. The van der Waals surface area contributed by atoms with Crippen LogP contribution >= 0.6 is 0 Å². The molecule has 0 bridgehead atoms. The lowest BCUT2D eigenvalue weighted by molar-refractivity contribution is -0.142. The smallest absolute Gasteiger partial charge is 0.339 e. The first-order chi connectivity index (χ1) is 15.7. The van der Waals surface area contributed by atoms with E-state index in [-0.39, 0.29) is 12.5 Å². The van der Waals surface area contributed by atoms with Gasteiger partial charge in [-0.2, -0.15) is 0 Å². The van der Waals surface area contributed by atoms with Crippen LogP contribution in [0.15, 0.2) is 78.9 Å². The summed E-state index contributed by atoms with van der Waals surface area (Å²) in [6.07, 6.45) is 3.57. The predicted molar refractivity (Wildman–Crippen MR) is 125 cm³/mol. The number of esters is 1. The summed E-state index contributed by atoms with van der Waals surface area (Å²) in [5.41, 5.74) is 3.86. The zero-order chi connectivity index (χ0) is 22.3. The molecule has 1 aliphatic rings. The first-order valence-corrected chi connectivity index (χ1v) is 10.6. The van der Waals surface area contributed by atoms with Gasteiger partial charge in [-0.3, -0.25) is 4.79 Å². The van der Waals surface area contributed by atoms with Crippen molar-refractivity contribution in [3.05, 3.63) is 95.6 Å². The summed E-state index contributed by atoms with van der Waals surface area (Å²) in [4.78, 5) is 27.7. The Balaban J connectivity index is 1.55. The highest BCUT2D eigenvalue weighted by molar-refractivity contribution is 6.22. The molecule has 3 aromatic rings. The summed E-state index contributed by atoms with van der Waals surface area (Å²) >= 11 is 0. The van der Waals surface area contributed by atoms with Crippen LogP contribution in [0.2, 0.25) is 0 Å². The zero-order valence-electron chi connectivity index (χ0n) is 18.0. The van der Waals surface area contributed by atoms with E-state index in [0.29, 0.717) is 23.4 Å². The second-order valence-corrected chi connectivity index (χ2v) is 7.52. The van der Waals surface area contributed by atoms with Crippen LogP contribution in [-0.4, -0.2) is 32.1 Å². The van der Waals surface area contributed by atoms with Gasteiger partial charge in [-0.1, -0.05) is 66.7 Å². The van der Waals surface area contributed by atoms with E-state index in [1.54, 1.807) is 18.1 Å². The highest BCUT2D eigenvalue weighted by Gasteiger charge is 2.24. The fourth-order valence-corrected chi connectivity index (χ4v) is 3.89. The molecule has 1 heterocycles. The number of amides is 1. The van der Waals surface area contributed by atoms with Gasteiger partial charge in [0.25, 0.3) is 5.91 Å². The maximum absolute atomic E-state index is 13.1. The molecule has 162 valence electrons. The fourth-order valence-electron chi connectivity index (χ4n) is 3.89. The Morgan fingerprint density at radius 2 is 1.66 bits per heavy atom. The van der Waals surface area contributed by atoms with Crippen molar-refractivity contribution >= 4 is 29.2 Å². The third-order valence-corrected chi connectivity index (χ3v) is 5.48. The van der Waals surface area contributed by atoms with Gasteiger partial charge in [-0.15, -0.1) is 0 Å². The molecule has 0 atom stereocenters. The highest BCUT2D eigenvalue weighted by atomic mass is 16.5. The van der Waals surface area contributed by atoms with Gasteiger partial charge >= 0.3 is 5.97 Å². The number of benzene rings is 3. The lowest BCUT2D eigenvalue weighted by atomic mass is 10.0. The van der Waals surface area contributed by atoms with Crippen molar-refractivity contribution in [2.75, 3.05) is 25.2 Å². The molecule has 0 spiro atoms. The van der Waals surface area contributed by atoms with Gasteiger partial charge in [0.1, 0.15) is 5.75 Å². The van der Waals surface area contributed by atoms with Crippen LogP contribution in [0.3, 0.4) is 0 Å². The van der Waals surface area contributed by atoms with Gasteiger partial charge in [-0.05, 0) is 42.2 Å². The Morgan fingerprint density at radius 1 is 0.938 bits per heavy atom. The number of aryl methyl sites for hydroxylation is 1. The maximum Gasteiger partial charge on any atom is 0.339 e. The molecule has 0 saturated carbocycles. The van der Waals surface area contributed by atoms with Gasteiger partial charge in [0.05, 0.1) is 12.7 Å². The summed E-state index contributed by atoms with van der Waals surface area (Å²) < 4.78 is 10.9. The molecule has 0 N–H and O–H groups in total. The molecule has 3 aromatic carbocycles. The number of rotatable bonds is 6. The van der Waals surface area contributed by atoms with Crippen molar-refractivity contribution in [1.29, 1.82) is 0 Å². The molecule has 32 heavy (non-hydrogen) atoms. The van der Waals surface area contributed by atoms with Crippen molar-refractivity contribution in [3.63, 3.8) is 0 Å². The van der Waals surface area contributed by atoms with Crippen LogP contribution in [-0.2, 0) is 20.7 Å². The molecule has 4 rings (SSSR count). The summed E-state index contributed by atoms with van der Waals surface area (Å²) in [5, 5.41) is 0. The van der Waals surface area contributed by atoms with Crippen LogP contribution in [0.25, 0.3) is 11.6 Å². The van der Waals surface area contributed by atoms with Crippen LogP contribution in [0, 0.1) is 0 Å². The minimum absolute atomic E-state index is 0.227. The minimum Gasteiger partial charge on any atom is -0.496 e. The van der Waals surface area contributed by atoms with Crippen LogP contribution < -0.4 is 9.64 Å². The summed E-state index contributed by atoms with van der Waals surface area (Å²) in [6.45, 7) is 0.305. The molecule has 5 heteroatoms. The SMILES string of the molecule is COc1ccccc1/C=C(/C(=O)OCC(=O)N1CCCc2ccccc21)c1ccccc1. The normalized spacial score (nSPS) is 13.3. The van der Waals surface area contributed by atoms with Gasteiger partial charge in [0.15, 0.2) is 6.61 Å². The summed E-state index contributed by atoms with van der Waals surface area (Å²) in [5.74, 6) is -0.134. The summed E-state index contributed by atoms with van der Waals surface area (Å²) in [7, 11) is 1.59. The molecule has 1 amide bonds. The van der Waals surface area contributed by atoms with E-state index in [1.807, 2.05) is 78.9 Å². The van der Waals surface area contributed by atoms with Crippen LogP contribution in [0.1, 0.15) is 23.1 Å². The number of nitrogens with zero attached hydrogens (tertiary/aromatic N) is 1. The number of carbonyl (C=O) groups is 2.